The van der Waals surface area contributed by atoms with E-state index >= 15 is 4.39 Å². The first kappa shape index (κ1) is 19.7. The number of fused-ring (bicyclic) bond motifs is 1. The van der Waals surface area contributed by atoms with Crippen LogP contribution in [-0.2, 0) is 19.3 Å². The molecule has 1 aliphatic carbocycles. The maximum atomic E-state index is 15.1. The molecule has 1 unspecified atom stereocenters. The quantitative estimate of drug-likeness (QED) is 0.324. The van der Waals surface area contributed by atoms with E-state index in [1.165, 1.54) is 17.7 Å². The molecule has 0 saturated heterocycles. The van der Waals surface area contributed by atoms with E-state index in [0.29, 0.717) is 12.8 Å². The molecule has 0 aromatic heterocycles. The van der Waals surface area contributed by atoms with Gasteiger partial charge in [0.2, 0.25) is 0 Å². The summed E-state index contributed by atoms with van der Waals surface area (Å²) in [6.45, 7) is 2.12. The Morgan fingerprint density at radius 2 is 1.48 bits per heavy atom. The maximum absolute atomic E-state index is 15.1. The highest BCUT2D eigenvalue weighted by Crippen LogP contribution is 2.40. The Hall–Kier alpha value is -2.62. The van der Waals surface area contributed by atoms with Crippen LogP contribution >= 0.6 is 0 Å². The largest absolute Gasteiger partial charge is 0.207 e. The first-order valence-electron chi connectivity index (χ1n) is 10.0. The fraction of sp³-hybridized carbons (Fsp3) is 0.280. The van der Waals surface area contributed by atoms with E-state index in [0.717, 1.165) is 30.5 Å². The molecule has 1 aliphatic rings. The van der Waals surface area contributed by atoms with Gasteiger partial charge in [-0.2, -0.15) is 0 Å². The van der Waals surface area contributed by atoms with Crippen LogP contribution < -0.4 is 0 Å². The molecule has 150 valence electrons. The van der Waals surface area contributed by atoms with Crippen LogP contribution in [-0.4, -0.2) is 0 Å². The van der Waals surface area contributed by atoms with Crippen molar-refractivity contribution < 1.29 is 17.6 Å². The maximum Gasteiger partial charge on any atom is 0.169 e. The Bertz CT molecular complexity index is 1020. The summed E-state index contributed by atoms with van der Waals surface area (Å²) in [5.41, 5.74) is 2.40. The Kier molecular flexibility index (Phi) is 5.44. The molecule has 0 heterocycles. The van der Waals surface area contributed by atoms with Crippen LogP contribution in [0.4, 0.5) is 17.6 Å². The van der Waals surface area contributed by atoms with Gasteiger partial charge in [0.25, 0.3) is 0 Å². The van der Waals surface area contributed by atoms with Crippen molar-refractivity contribution >= 4 is 0 Å². The number of rotatable bonds is 4. The Labute approximate surface area is 168 Å². The number of halogens is 4. The molecule has 4 heteroatoms. The lowest BCUT2D eigenvalue weighted by atomic mass is 9.78. The van der Waals surface area contributed by atoms with Crippen LogP contribution in [0, 0.1) is 23.3 Å². The molecule has 1 atom stereocenters. The van der Waals surface area contributed by atoms with Crippen molar-refractivity contribution in [2.24, 2.45) is 0 Å². The van der Waals surface area contributed by atoms with Crippen LogP contribution in [0.2, 0.25) is 0 Å². The first-order chi connectivity index (χ1) is 14.0. The fourth-order valence-corrected chi connectivity index (χ4v) is 4.29. The van der Waals surface area contributed by atoms with E-state index in [1.54, 1.807) is 0 Å². The van der Waals surface area contributed by atoms with Crippen LogP contribution in [0.25, 0.3) is 11.1 Å². The topological polar surface area (TPSA) is 0 Å². The average Bonchev–Trinajstić information content (AvgIpc) is 2.74. The summed E-state index contributed by atoms with van der Waals surface area (Å²) in [5, 5.41) is 0. The van der Waals surface area contributed by atoms with Crippen molar-refractivity contribution in [3.05, 3.63) is 94.1 Å². The average molecular weight is 398 g/mol. The second-order valence-corrected chi connectivity index (χ2v) is 7.71. The summed E-state index contributed by atoms with van der Waals surface area (Å²) in [4.78, 5) is 0. The monoisotopic (exact) mass is 398 g/mol. The second kappa shape index (κ2) is 8.02. The lowest BCUT2D eigenvalue weighted by Gasteiger charge is -2.27. The van der Waals surface area contributed by atoms with Gasteiger partial charge in [0, 0.05) is 0 Å². The molecule has 0 aliphatic heterocycles. The highest BCUT2D eigenvalue weighted by atomic mass is 19.2. The third kappa shape index (κ3) is 3.68. The van der Waals surface area contributed by atoms with E-state index < -0.39 is 28.8 Å². The van der Waals surface area contributed by atoms with Gasteiger partial charge < -0.3 is 0 Å². The molecule has 3 aromatic rings. The summed E-state index contributed by atoms with van der Waals surface area (Å²) in [6.07, 6.45) is 3.35. The standard InChI is InChI=1S/C25H22F4/c1-2-3-15-4-6-16(7-5-15)18-10-13-20-21(14-18)24(28)25(29)22(23(20)27)17-8-11-19(26)12-9-17/h4-9,11-12,18H,2-3,10,13-14H2,1H3. The third-order valence-corrected chi connectivity index (χ3v) is 5.84. The first-order valence-corrected chi connectivity index (χ1v) is 10.0. The van der Waals surface area contributed by atoms with Crippen molar-refractivity contribution in [3.63, 3.8) is 0 Å². The van der Waals surface area contributed by atoms with Gasteiger partial charge in [-0.1, -0.05) is 49.7 Å². The van der Waals surface area contributed by atoms with Crippen molar-refractivity contribution in [2.45, 2.75) is 44.9 Å². The zero-order chi connectivity index (χ0) is 20.5. The predicted octanol–water partition coefficient (Wildman–Crippen LogP) is 7.14. The molecular formula is C25H22F4. The molecule has 4 rings (SSSR count). The molecule has 0 fully saturated rings. The molecule has 0 bridgehead atoms. The summed E-state index contributed by atoms with van der Waals surface area (Å²) in [5.74, 6) is -3.41. The molecule has 0 amide bonds. The van der Waals surface area contributed by atoms with E-state index in [4.69, 9.17) is 0 Å². The van der Waals surface area contributed by atoms with Gasteiger partial charge in [-0.15, -0.1) is 0 Å². The van der Waals surface area contributed by atoms with E-state index in [2.05, 4.69) is 19.1 Å². The summed E-state index contributed by atoms with van der Waals surface area (Å²) in [6, 6.07) is 13.0. The van der Waals surface area contributed by atoms with Crippen LogP contribution in [0.1, 0.15) is 47.9 Å². The van der Waals surface area contributed by atoms with Crippen molar-refractivity contribution in [1.82, 2.24) is 0 Å². The summed E-state index contributed by atoms with van der Waals surface area (Å²) < 4.78 is 58.0. The normalized spacial score (nSPS) is 16.0. The minimum Gasteiger partial charge on any atom is -0.207 e. The van der Waals surface area contributed by atoms with Gasteiger partial charge in [-0.25, -0.2) is 17.6 Å². The van der Waals surface area contributed by atoms with Gasteiger partial charge >= 0.3 is 0 Å². The zero-order valence-electron chi connectivity index (χ0n) is 16.2. The number of hydrogen-bond acceptors (Lipinski definition) is 0. The molecule has 0 nitrogen and oxygen atoms in total. The number of benzene rings is 3. The van der Waals surface area contributed by atoms with Gasteiger partial charge in [-0.05, 0) is 71.6 Å². The van der Waals surface area contributed by atoms with Crippen LogP contribution in [0.5, 0.6) is 0 Å². The minimum absolute atomic E-state index is 0.0307. The van der Waals surface area contributed by atoms with Gasteiger partial charge in [-0.3, -0.25) is 0 Å². The van der Waals surface area contributed by atoms with Crippen LogP contribution in [0.3, 0.4) is 0 Å². The second-order valence-electron chi connectivity index (χ2n) is 7.71. The van der Waals surface area contributed by atoms with E-state index in [1.807, 2.05) is 12.1 Å². The van der Waals surface area contributed by atoms with Gasteiger partial charge in [0.1, 0.15) is 11.6 Å². The highest BCUT2D eigenvalue weighted by molar-refractivity contribution is 5.67. The van der Waals surface area contributed by atoms with Crippen molar-refractivity contribution in [2.75, 3.05) is 0 Å². The molecule has 3 aromatic carbocycles. The third-order valence-electron chi connectivity index (χ3n) is 5.84. The number of hydrogen-bond donors (Lipinski definition) is 0. The molecule has 0 radical (unpaired) electrons. The number of aryl methyl sites for hydroxylation is 1. The van der Waals surface area contributed by atoms with Crippen molar-refractivity contribution in [3.8, 4) is 11.1 Å². The fourth-order valence-electron chi connectivity index (χ4n) is 4.29. The minimum atomic E-state index is -1.20. The predicted molar refractivity (Wildman–Crippen MR) is 107 cm³/mol. The lowest BCUT2D eigenvalue weighted by Crippen LogP contribution is -2.18. The highest BCUT2D eigenvalue weighted by Gasteiger charge is 2.31. The molecule has 29 heavy (non-hydrogen) atoms. The molecular weight excluding hydrogens is 376 g/mol. The molecule has 0 saturated carbocycles. The van der Waals surface area contributed by atoms with E-state index in [9.17, 15) is 13.2 Å². The van der Waals surface area contributed by atoms with Gasteiger partial charge in [0.05, 0.1) is 5.56 Å². The smallest absolute Gasteiger partial charge is 0.169 e. The van der Waals surface area contributed by atoms with E-state index in [-0.39, 0.29) is 29.0 Å². The Morgan fingerprint density at radius 1 is 0.793 bits per heavy atom. The van der Waals surface area contributed by atoms with Gasteiger partial charge in [0.15, 0.2) is 11.6 Å². The summed E-state index contributed by atoms with van der Waals surface area (Å²) >= 11 is 0. The Balaban J connectivity index is 1.69. The van der Waals surface area contributed by atoms with Crippen molar-refractivity contribution in [1.29, 1.82) is 0 Å². The SMILES string of the molecule is CCCc1ccc(C2CCc3c(F)c(-c4ccc(F)cc4)c(F)c(F)c3C2)cc1. The lowest BCUT2D eigenvalue weighted by molar-refractivity contribution is 0.458. The zero-order valence-corrected chi connectivity index (χ0v) is 16.2. The molecule has 0 N–H and O–H groups in total. The van der Waals surface area contributed by atoms with Crippen LogP contribution in [0.15, 0.2) is 48.5 Å². The summed E-state index contributed by atoms with van der Waals surface area (Å²) in [7, 11) is 0. The molecule has 0 spiro atoms. The Morgan fingerprint density at radius 3 is 2.14 bits per heavy atom.